The quantitative estimate of drug-likeness (QED) is 0.108. The van der Waals surface area contributed by atoms with Crippen LogP contribution in [0.3, 0.4) is 0 Å². The van der Waals surface area contributed by atoms with Gasteiger partial charge in [-0.15, -0.1) is 0 Å². The summed E-state index contributed by atoms with van der Waals surface area (Å²) < 4.78 is 21.0. The molecule has 6 nitrogen and oxygen atoms in total. The van der Waals surface area contributed by atoms with E-state index in [1.807, 2.05) is 30.3 Å². The van der Waals surface area contributed by atoms with Crippen molar-refractivity contribution >= 4 is 11.9 Å². The maximum Gasteiger partial charge on any atom is 0.343 e. The Morgan fingerprint density at radius 3 is 1.85 bits per heavy atom. The normalized spacial score (nSPS) is 9.56. The summed E-state index contributed by atoms with van der Waals surface area (Å²) in [5, 5.41) is 0. The van der Waals surface area contributed by atoms with Crippen molar-refractivity contribution in [3.63, 3.8) is 0 Å². The van der Waals surface area contributed by atoms with Gasteiger partial charge in [0.15, 0.2) is 0 Å². The number of carbonyl (C=O) groups is 2. The maximum absolute atomic E-state index is 12.2. The number of benzene rings is 2. The summed E-state index contributed by atoms with van der Waals surface area (Å²) in [5.41, 5.74) is 0.908. The molecule has 0 N–H and O–H groups in total. The second-order valence-corrected chi connectivity index (χ2v) is 6.71. The first kappa shape index (κ1) is 26.5. The van der Waals surface area contributed by atoms with Gasteiger partial charge in [0.25, 0.3) is 5.97 Å². The Morgan fingerprint density at radius 1 is 0.765 bits per heavy atom. The van der Waals surface area contributed by atoms with Crippen LogP contribution in [0.25, 0.3) is 0 Å². The zero-order valence-corrected chi connectivity index (χ0v) is 19.6. The summed E-state index contributed by atoms with van der Waals surface area (Å²) in [6.07, 6.45) is 0. The fraction of sp³-hybridized carbons (Fsp3) is 0.111. The number of ether oxygens (including phenoxy) is 4. The number of esters is 2. The van der Waals surface area contributed by atoms with Crippen molar-refractivity contribution in [2.45, 2.75) is 0 Å². The molecule has 0 spiro atoms. The molecule has 0 amide bonds. The van der Waals surface area contributed by atoms with E-state index in [1.165, 1.54) is 0 Å². The van der Waals surface area contributed by atoms with Gasteiger partial charge in [-0.25, -0.2) is 16.9 Å². The molecule has 4 aromatic carbocycles. The molecule has 7 heteroatoms. The summed E-state index contributed by atoms with van der Waals surface area (Å²) in [6, 6.07) is 30.2. The third kappa shape index (κ3) is 8.62. The van der Waals surface area contributed by atoms with Crippen molar-refractivity contribution in [1.82, 2.24) is 0 Å². The van der Waals surface area contributed by atoms with Crippen LogP contribution in [0.1, 0.15) is 20.7 Å². The van der Waals surface area contributed by atoms with E-state index in [2.05, 4.69) is 0 Å². The second-order valence-electron chi connectivity index (χ2n) is 6.71. The summed E-state index contributed by atoms with van der Waals surface area (Å²) >= 11 is 0. The Morgan fingerprint density at radius 2 is 1.29 bits per heavy atom. The van der Waals surface area contributed by atoms with Crippen LogP contribution < -0.4 is 14.2 Å². The number of hydrogen-bond acceptors (Lipinski definition) is 6. The van der Waals surface area contributed by atoms with Gasteiger partial charge in [-0.05, 0) is 48.5 Å². The summed E-state index contributed by atoms with van der Waals surface area (Å²) in [7, 11) is 1.57. The Kier molecular flexibility index (Phi) is 11.2. The molecule has 0 aliphatic heterocycles. The Bertz CT molecular complexity index is 1070. The summed E-state index contributed by atoms with van der Waals surface area (Å²) in [4.78, 5) is 23.9. The van der Waals surface area contributed by atoms with Crippen LogP contribution in [0.5, 0.6) is 17.2 Å². The second kappa shape index (κ2) is 14.4. The molecule has 0 fully saturated rings. The van der Waals surface area contributed by atoms with Crippen LogP contribution in [-0.4, -0.2) is 32.3 Å². The molecule has 0 aliphatic carbocycles. The molecule has 0 aromatic heterocycles. The molecule has 34 heavy (non-hydrogen) atoms. The minimum absolute atomic E-state index is 0. The molecule has 0 radical (unpaired) electrons. The van der Waals surface area contributed by atoms with E-state index >= 15 is 0 Å². The van der Waals surface area contributed by atoms with Crippen molar-refractivity contribution in [3.05, 3.63) is 114 Å². The molecule has 0 unspecified atom stereocenters. The Hall–Kier alpha value is -3.80. The van der Waals surface area contributed by atoms with Gasteiger partial charge in [0.1, 0.15) is 30.5 Å². The van der Waals surface area contributed by atoms with Gasteiger partial charge >= 0.3 is 5.97 Å². The number of rotatable bonds is 8. The molecule has 0 aliphatic rings. The molecular weight excluding hydrogens is 476 g/mol. The van der Waals surface area contributed by atoms with Crippen molar-refractivity contribution in [1.29, 1.82) is 0 Å². The standard InChI is InChI=1S/C22H19O6.C5H5.Fe/c1-25-18-10-12-20(13-11-18)28-22(24)17-6-8-19(9-7-17)26-14-15-27-21(23)16-4-2-3-5-16;1-2-4-5-3-1;/h2-13H,14-15H2,1H3;1-5H;/q-1;-5;. The molecule has 0 atom stereocenters. The van der Waals surface area contributed by atoms with Gasteiger partial charge in [0, 0.05) is 17.1 Å². The van der Waals surface area contributed by atoms with E-state index in [1.54, 1.807) is 79.9 Å². The minimum atomic E-state index is -0.472. The predicted octanol–water partition coefficient (Wildman–Crippen LogP) is 5.27. The van der Waals surface area contributed by atoms with Crippen LogP contribution in [0.2, 0.25) is 0 Å². The van der Waals surface area contributed by atoms with Crippen LogP contribution in [0.15, 0.2) is 103 Å². The zero-order chi connectivity index (χ0) is 23.3. The fourth-order valence-corrected chi connectivity index (χ4v) is 2.71. The molecule has 0 saturated heterocycles. The van der Waals surface area contributed by atoms with E-state index in [0.29, 0.717) is 28.4 Å². The van der Waals surface area contributed by atoms with Gasteiger partial charge < -0.3 is 49.3 Å². The number of hydrogen-bond donors (Lipinski definition) is 0. The Labute approximate surface area is 209 Å². The van der Waals surface area contributed by atoms with Crippen molar-refractivity contribution in [2.24, 2.45) is 0 Å². The average Bonchev–Trinajstić information content (AvgIpc) is 3.60. The molecule has 4 aromatic rings. The van der Waals surface area contributed by atoms with E-state index in [-0.39, 0.29) is 36.3 Å². The molecule has 0 bridgehead atoms. The van der Waals surface area contributed by atoms with Gasteiger partial charge in [0.2, 0.25) is 0 Å². The Balaban J connectivity index is 0.000000603. The minimum Gasteiger partial charge on any atom is -0.748 e. The fourth-order valence-electron chi connectivity index (χ4n) is 2.71. The first-order valence-corrected chi connectivity index (χ1v) is 10.3. The van der Waals surface area contributed by atoms with E-state index in [9.17, 15) is 9.59 Å². The van der Waals surface area contributed by atoms with Crippen LogP contribution in [0.4, 0.5) is 0 Å². The van der Waals surface area contributed by atoms with Gasteiger partial charge in [-0.3, -0.25) is 4.79 Å². The first-order chi connectivity index (χ1) is 16.2. The molecule has 0 heterocycles. The van der Waals surface area contributed by atoms with Gasteiger partial charge in [-0.1, -0.05) is 5.56 Å². The van der Waals surface area contributed by atoms with Crippen LogP contribution >= 0.6 is 0 Å². The first-order valence-electron chi connectivity index (χ1n) is 10.3. The van der Waals surface area contributed by atoms with Gasteiger partial charge in [0.05, 0.1) is 12.7 Å². The van der Waals surface area contributed by atoms with Gasteiger partial charge in [-0.2, -0.15) is 12.1 Å². The third-order valence-electron chi connectivity index (χ3n) is 4.40. The summed E-state index contributed by atoms with van der Waals surface area (Å²) in [5.74, 6) is 0.815. The molecule has 182 valence electrons. The largest absolute Gasteiger partial charge is 0.748 e. The van der Waals surface area contributed by atoms with Crippen molar-refractivity contribution < 1.29 is 45.6 Å². The molecule has 0 saturated carbocycles. The van der Waals surface area contributed by atoms with Crippen molar-refractivity contribution in [3.8, 4) is 17.2 Å². The monoisotopic (exact) mass is 500 g/mol. The number of methoxy groups -OCH3 is 1. The molecular formula is C27H24FeO6-6. The summed E-state index contributed by atoms with van der Waals surface area (Å²) in [6.45, 7) is 0.341. The zero-order valence-electron chi connectivity index (χ0n) is 18.5. The SMILES string of the molecule is COc1ccc(OC(=O)c2ccc(OCCOC(=O)[c-]3cccc3)cc2)cc1.[Fe].[cH-]1[cH-][cH-][cH-][cH-]1. The topological polar surface area (TPSA) is 71.1 Å². The third-order valence-corrected chi connectivity index (χ3v) is 4.40. The molecule has 4 rings (SSSR count). The van der Waals surface area contributed by atoms with E-state index in [4.69, 9.17) is 18.9 Å². The average molecular weight is 500 g/mol. The van der Waals surface area contributed by atoms with E-state index < -0.39 is 5.97 Å². The van der Waals surface area contributed by atoms with E-state index in [0.717, 1.165) is 0 Å². The van der Waals surface area contributed by atoms with Crippen molar-refractivity contribution in [2.75, 3.05) is 20.3 Å². The predicted molar refractivity (Wildman–Crippen MR) is 124 cm³/mol. The van der Waals surface area contributed by atoms with Crippen LogP contribution in [-0.2, 0) is 21.8 Å². The maximum atomic E-state index is 12.2. The van der Waals surface area contributed by atoms with Crippen LogP contribution in [0, 0.1) is 0 Å². The number of carbonyl (C=O) groups excluding carboxylic acids is 2. The smallest absolute Gasteiger partial charge is 0.343 e.